The van der Waals surface area contributed by atoms with Crippen molar-refractivity contribution in [2.24, 2.45) is 4.99 Å². The summed E-state index contributed by atoms with van der Waals surface area (Å²) in [6.45, 7) is 17.4. The highest BCUT2D eigenvalue weighted by atomic mass is 35.5. The number of hydrogen-bond acceptors (Lipinski definition) is 7. The van der Waals surface area contributed by atoms with E-state index in [-0.39, 0.29) is 19.0 Å². The molecule has 0 aromatic heterocycles. The van der Waals surface area contributed by atoms with Gasteiger partial charge in [0.15, 0.2) is 5.54 Å². The zero-order valence-electron chi connectivity index (χ0n) is 33.0. The van der Waals surface area contributed by atoms with E-state index in [9.17, 15) is 9.59 Å². The molecular weight excluding hydrogens is 720 g/mol. The van der Waals surface area contributed by atoms with Gasteiger partial charge in [-0.1, -0.05) is 96.7 Å². The third-order valence-corrected chi connectivity index (χ3v) is 11.4. The standard InChI is InChI=1S/C43H56BCl2N3O5/c1-40(2,3)52-39(51)43(23-14-15-25-44-53-41(4,5)42(6,7)54-44,47-37(32-17-10-8-11-18-32)33-19-12-9-13-20-33)24-16-26-48-27-29-49(30-28-48)38(50)34-21-22-35(45)36(46)31-34/h8-13,17-22,31H,14-16,23-30H2,1-7H3. The molecule has 0 N–H and O–H groups in total. The van der Waals surface area contributed by atoms with Crippen LogP contribution in [0.2, 0.25) is 16.4 Å². The quantitative estimate of drug-likeness (QED) is 0.0703. The molecule has 3 aromatic rings. The monoisotopic (exact) mass is 775 g/mol. The lowest BCUT2D eigenvalue weighted by atomic mass is 9.80. The van der Waals surface area contributed by atoms with Gasteiger partial charge in [-0.2, -0.15) is 0 Å². The molecule has 290 valence electrons. The minimum absolute atomic E-state index is 0.0543. The van der Waals surface area contributed by atoms with Crippen LogP contribution in [0.15, 0.2) is 83.9 Å². The van der Waals surface area contributed by atoms with Crippen LogP contribution in [-0.2, 0) is 18.8 Å². The number of aliphatic imine (C=N–C) groups is 1. The van der Waals surface area contributed by atoms with Gasteiger partial charge in [-0.15, -0.1) is 0 Å². The van der Waals surface area contributed by atoms with E-state index in [1.807, 2.05) is 86.3 Å². The summed E-state index contributed by atoms with van der Waals surface area (Å²) in [7, 11) is -0.305. The summed E-state index contributed by atoms with van der Waals surface area (Å²) in [5.41, 5.74) is 0.544. The number of esters is 1. The second kappa shape index (κ2) is 17.7. The number of ether oxygens (including phenoxy) is 1. The number of amides is 1. The maximum Gasteiger partial charge on any atom is 0.457 e. The Morgan fingerprint density at radius 3 is 1.85 bits per heavy atom. The highest BCUT2D eigenvalue weighted by molar-refractivity contribution is 6.45. The fraction of sp³-hybridized carbons (Fsp3) is 0.512. The molecule has 11 heteroatoms. The maximum absolute atomic E-state index is 14.6. The fourth-order valence-corrected chi connectivity index (χ4v) is 7.25. The number of piperazine rings is 1. The van der Waals surface area contributed by atoms with Gasteiger partial charge in [0.1, 0.15) is 5.60 Å². The van der Waals surface area contributed by atoms with Crippen molar-refractivity contribution < 1.29 is 23.6 Å². The Balaban J connectivity index is 1.37. The van der Waals surface area contributed by atoms with E-state index in [1.54, 1.807) is 18.2 Å². The smallest absolute Gasteiger partial charge is 0.457 e. The Hall–Kier alpha value is -3.21. The number of carbonyl (C=O) groups is 2. The molecule has 2 saturated heterocycles. The molecule has 0 aliphatic carbocycles. The van der Waals surface area contributed by atoms with Crippen molar-refractivity contribution in [2.75, 3.05) is 32.7 Å². The van der Waals surface area contributed by atoms with Gasteiger partial charge in [0, 0.05) is 42.9 Å². The molecule has 0 radical (unpaired) electrons. The third-order valence-electron chi connectivity index (χ3n) is 10.7. The number of benzene rings is 3. The Kier molecular flexibility index (Phi) is 13.8. The predicted octanol–water partition coefficient (Wildman–Crippen LogP) is 9.41. The molecule has 3 aromatic carbocycles. The van der Waals surface area contributed by atoms with Gasteiger partial charge >= 0.3 is 13.1 Å². The first-order valence-corrected chi connectivity index (χ1v) is 20.0. The molecule has 2 heterocycles. The van der Waals surface area contributed by atoms with Crippen molar-refractivity contribution in [1.82, 2.24) is 9.80 Å². The Morgan fingerprint density at radius 1 is 0.759 bits per heavy atom. The lowest BCUT2D eigenvalue weighted by Gasteiger charge is -2.36. The molecule has 1 atom stereocenters. The molecule has 1 amide bonds. The molecule has 1 unspecified atom stereocenters. The number of halogens is 2. The largest absolute Gasteiger partial charge is 0.458 e. The molecule has 2 aliphatic heterocycles. The summed E-state index contributed by atoms with van der Waals surface area (Å²) in [5.74, 6) is -0.367. The highest BCUT2D eigenvalue weighted by Gasteiger charge is 2.50. The number of nitrogens with zero attached hydrogens (tertiary/aromatic N) is 3. The van der Waals surface area contributed by atoms with Crippen molar-refractivity contribution >= 4 is 47.9 Å². The van der Waals surface area contributed by atoms with Crippen LogP contribution in [0.1, 0.15) is 102 Å². The fourth-order valence-electron chi connectivity index (χ4n) is 6.95. The first-order chi connectivity index (χ1) is 25.5. The van der Waals surface area contributed by atoms with Crippen LogP contribution in [-0.4, -0.2) is 89.6 Å². The lowest BCUT2D eigenvalue weighted by Crippen LogP contribution is -2.49. The molecule has 8 nitrogen and oxygen atoms in total. The first-order valence-electron chi connectivity index (χ1n) is 19.3. The van der Waals surface area contributed by atoms with Crippen molar-refractivity contribution in [1.29, 1.82) is 0 Å². The van der Waals surface area contributed by atoms with Gasteiger partial charge in [0.05, 0.1) is 27.0 Å². The topological polar surface area (TPSA) is 80.7 Å². The van der Waals surface area contributed by atoms with Crippen LogP contribution in [0.25, 0.3) is 0 Å². The van der Waals surface area contributed by atoms with Gasteiger partial charge in [-0.05, 0) is 98.8 Å². The molecule has 0 spiro atoms. The zero-order chi connectivity index (χ0) is 39.1. The number of hydrogen-bond donors (Lipinski definition) is 0. The Morgan fingerprint density at radius 2 is 1.31 bits per heavy atom. The van der Waals surface area contributed by atoms with Crippen molar-refractivity contribution in [3.05, 3.63) is 106 Å². The zero-order valence-corrected chi connectivity index (χ0v) is 34.5. The van der Waals surface area contributed by atoms with E-state index in [0.717, 1.165) is 62.1 Å². The van der Waals surface area contributed by atoms with Crippen molar-refractivity contribution in [3.8, 4) is 0 Å². The second-order valence-corrected chi connectivity index (χ2v) is 17.3. The summed E-state index contributed by atoms with van der Waals surface area (Å²) in [6, 6.07) is 25.2. The minimum Gasteiger partial charge on any atom is -0.458 e. The van der Waals surface area contributed by atoms with E-state index in [4.69, 9.17) is 42.2 Å². The molecule has 5 rings (SSSR count). The maximum atomic E-state index is 14.6. The van der Waals surface area contributed by atoms with Gasteiger partial charge in [-0.25, -0.2) is 4.79 Å². The molecular formula is C43H56BCl2N3O5. The van der Waals surface area contributed by atoms with E-state index in [1.165, 1.54) is 0 Å². The Bertz CT molecular complexity index is 1700. The van der Waals surface area contributed by atoms with Crippen LogP contribution in [0.3, 0.4) is 0 Å². The molecule has 54 heavy (non-hydrogen) atoms. The first kappa shape index (κ1) is 41.9. The van der Waals surface area contributed by atoms with E-state index in [0.29, 0.717) is 41.5 Å². The van der Waals surface area contributed by atoms with Crippen LogP contribution < -0.4 is 0 Å². The van der Waals surface area contributed by atoms with Crippen LogP contribution in [0.5, 0.6) is 0 Å². The molecule has 0 saturated carbocycles. The Labute approximate surface area is 332 Å². The average Bonchev–Trinajstić information content (AvgIpc) is 3.34. The minimum atomic E-state index is -1.14. The normalized spacial score (nSPS) is 18.2. The summed E-state index contributed by atoms with van der Waals surface area (Å²) in [6.07, 6.45) is 3.99. The lowest BCUT2D eigenvalue weighted by molar-refractivity contribution is -0.162. The van der Waals surface area contributed by atoms with Gasteiger partial charge < -0.3 is 18.9 Å². The van der Waals surface area contributed by atoms with Crippen LogP contribution in [0, 0.1) is 0 Å². The van der Waals surface area contributed by atoms with Gasteiger partial charge in [0.25, 0.3) is 5.91 Å². The van der Waals surface area contributed by atoms with Gasteiger partial charge in [-0.3, -0.25) is 14.7 Å². The third kappa shape index (κ3) is 10.8. The summed E-state index contributed by atoms with van der Waals surface area (Å²) in [5, 5.41) is 0.794. The second-order valence-electron chi connectivity index (χ2n) is 16.5. The van der Waals surface area contributed by atoms with Crippen LogP contribution in [0.4, 0.5) is 0 Å². The summed E-state index contributed by atoms with van der Waals surface area (Å²) >= 11 is 12.3. The van der Waals surface area contributed by atoms with Crippen molar-refractivity contribution in [2.45, 2.75) is 109 Å². The summed E-state index contributed by atoms with van der Waals surface area (Å²) < 4.78 is 18.8. The average molecular weight is 777 g/mol. The van der Waals surface area contributed by atoms with E-state index in [2.05, 4.69) is 32.6 Å². The number of unbranched alkanes of at least 4 members (excludes halogenated alkanes) is 1. The van der Waals surface area contributed by atoms with Gasteiger partial charge in [0.2, 0.25) is 0 Å². The molecule has 0 bridgehead atoms. The van der Waals surface area contributed by atoms with Crippen LogP contribution >= 0.6 is 23.2 Å². The number of carbonyl (C=O) groups excluding carboxylic acids is 2. The SMILES string of the molecule is CC(C)(C)OC(=O)C(CCCCB1OC(C)(C)C(C)(C)O1)(CCCN1CCN(C(=O)c2ccc(Cl)c(Cl)c2)CC1)N=C(c1ccccc1)c1ccccc1. The predicted molar refractivity (Wildman–Crippen MR) is 220 cm³/mol. The van der Waals surface area contributed by atoms with E-state index < -0.39 is 22.3 Å². The summed E-state index contributed by atoms with van der Waals surface area (Å²) in [4.78, 5) is 37.6. The molecule has 2 fully saturated rings. The van der Waals surface area contributed by atoms with Crippen molar-refractivity contribution in [3.63, 3.8) is 0 Å². The van der Waals surface area contributed by atoms with E-state index >= 15 is 0 Å². The molecule has 2 aliphatic rings. The number of rotatable bonds is 14. The highest BCUT2D eigenvalue weighted by Crippen LogP contribution is 2.39.